The van der Waals surface area contributed by atoms with Crippen LogP contribution in [0, 0.1) is 0 Å². The molecule has 1 aromatic carbocycles. The summed E-state index contributed by atoms with van der Waals surface area (Å²) in [4.78, 5) is 6.62. The number of H-pyrrole nitrogens is 1. The molecule has 0 radical (unpaired) electrons. The van der Waals surface area contributed by atoms with Crippen LogP contribution in [0.1, 0.15) is 0 Å². The molecule has 0 aliphatic rings. The molecule has 1 aromatic heterocycles. The summed E-state index contributed by atoms with van der Waals surface area (Å²) < 4.78 is 21.3. The van der Waals surface area contributed by atoms with Crippen molar-refractivity contribution >= 4 is 29.5 Å². The van der Waals surface area contributed by atoms with Gasteiger partial charge in [-0.1, -0.05) is 0 Å². The Bertz CT molecular complexity index is 446. The van der Waals surface area contributed by atoms with Crippen LogP contribution in [0.4, 0.5) is 0 Å². The molecule has 4 nitrogen and oxygen atoms in total. The van der Waals surface area contributed by atoms with Gasteiger partial charge >= 0.3 is 71.4 Å². The van der Waals surface area contributed by atoms with Gasteiger partial charge in [0.25, 0.3) is 0 Å². The van der Waals surface area contributed by atoms with Crippen molar-refractivity contribution in [2.24, 2.45) is 0 Å². The van der Waals surface area contributed by atoms with Crippen molar-refractivity contribution in [1.82, 2.24) is 9.97 Å². The molecular weight excluding hydrogens is 223 g/mol. The van der Waals surface area contributed by atoms with Gasteiger partial charge in [0, 0.05) is 0 Å². The zero-order valence-electron chi connectivity index (χ0n) is 6.02. The number of rotatable bonds is 1. The molecule has 0 spiro atoms. The first-order valence-corrected chi connectivity index (χ1v) is 5.83. The molecule has 62 valence electrons. The molecule has 2 rings (SSSR count). The fourth-order valence-electron chi connectivity index (χ4n) is 1.03. The number of nitrogens with one attached hydrogen (secondary N) is 1. The third kappa shape index (κ3) is 1.13. The average molecular weight is 229 g/mol. The molecule has 5 heteroatoms. The van der Waals surface area contributed by atoms with Gasteiger partial charge in [-0.15, -0.1) is 0 Å². The molecule has 0 unspecified atom stereocenters. The van der Waals surface area contributed by atoms with Crippen LogP contribution in [-0.4, -0.2) is 23.7 Å². The summed E-state index contributed by atoms with van der Waals surface area (Å²) >= 11 is -3.33. The van der Waals surface area contributed by atoms with E-state index in [-0.39, 0.29) is 4.72 Å². The Balaban J connectivity index is 2.78. The van der Waals surface area contributed by atoms with Gasteiger partial charge in [-0.05, 0) is 0 Å². The van der Waals surface area contributed by atoms with Crippen LogP contribution in [0.5, 0.6) is 0 Å². The van der Waals surface area contributed by atoms with E-state index in [1.807, 2.05) is 12.1 Å². The van der Waals surface area contributed by atoms with Gasteiger partial charge in [0.15, 0.2) is 0 Å². The van der Waals surface area contributed by atoms with Crippen LogP contribution < -0.4 is 4.72 Å². The predicted molar refractivity (Wildman–Crippen MR) is 44.2 cm³/mol. The van der Waals surface area contributed by atoms with Crippen LogP contribution >= 0.6 is 0 Å². The van der Waals surface area contributed by atoms with Gasteiger partial charge in [0.2, 0.25) is 0 Å². The molecule has 0 bridgehead atoms. The zero-order chi connectivity index (χ0) is 8.55. The monoisotopic (exact) mass is 230 g/mol. The van der Waals surface area contributed by atoms with Crippen LogP contribution in [0.15, 0.2) is 24.3 Å². The number of hydrogen-bond acceptors (Lipinski definition) is 3. The van der Waals surface area contributed by atoms with E-state index in [0.717, 1.165) is 5.52 Å². The summed E-state index contributed by atoms with van der Waals surface area (Å²) in [5, 5.41) is 0. The number of aromatic nitrogens is 2. The molecule has 0 saturated heterocycles. The number of para-hydroxylation sites is 2. The molecular formula is C7H6N2O2Se. The van der Waals surface area contributed by atoms with Gasteiger partial charge in [-0.3, -0.25) is 0 Å². The molecule has 1 N–H and O–H groups in total. The quantitative estimate of drug-likeness (QED) is 0.692. The molecule has 0 atom stereocenters. The maximum atomic E-state index is 10.6. The zero-order valence-corrected chi connectivity index (χ0v) is 7.90. The van der Waals surface area contributed by atoms with Crippen LogP contribution in [0.25, 0.3) is 11.0 Å². The van der Waals surface area contributed by atoms with E-state index in [4.69, 9.17) is 0 Å². The summed E-state index contributed by atoms with van der Waals surface area (Å²) in [7, 11) is 0. The summed E-state index contributed by atoms with van der Waals surface area (Å²) in [6.07, 6.45) is 0. The summed E-state index contributed by atoms with van der Waals surface area (Å²) in [5.74, 6) is 0. The second-order valence-electron chi connectivity index (χ2n) is 2.33. The van der Waals surface area contributed by atoms with E-state index in [1.54, 1.807) is 12.1 Å². The van der Waals surface area contributed by atoms with Crippen molar-refractivity contribution in [1.29, 1.82) is 0 Å². The number of nitrogens with zero attached hydrogens (tertiary/aromatic N) is 1. The molecule has 0 saturated carbocycles. The molecule has 0 aliphatic heterocycles. The Labute approximate surface area is 71.9 Å². The number of aromatic amines is 1. The molecule has 1 heterocycles. The van der Waals surface area contributed by atoms with E-state index in [2.05, 4.69) is 9.97 Å². The van der Waals surface area contributed by atoms with E-state index < -0.39 is 13.8 Å². The molecule has 2 aromatic rings. The van der Waals surface area contributed by atoms with E-state index in [0.29, 0.717) is 5.52 Å². The van der Waals surface area contributed by atoms with Crippen molar-refractivity contribution in [2.45, 2.75) is 0 Å². The topological polar surface area (TPSA) is 62.8 Å². The van der Waals surface area contributed by atoms with Gasteiger partial charge in [0.1, 0.15) is 0 Å². The summed E-state index contributed by atoms with van der Waals surface area (Å²) in [5.41, 5.74) is 1.46. The Hall–Kier alpha value is -1.19. The van der Waals surface area contributed by atoms with Crippen molar-refractivity contribution in [2.75, 3.05) is 0 Å². The Morgan fingerprint density at radius 3 is 2.67 bits per heavy atom. The number of benzene rings is 1. The van der Waals surface area contributed by atoms with Crippen molar-refractivity contribution in [3.63, 3.8) is 0 Å². The molecule has 0 aliphatic carbocycles. The Morgan fingerprint density at radius 1 is 1.25 bits per heavy atom. The average Bonchev–Trinajstić information content (AvgIpc) is 2.46. The van der Waals surface area contributed by atoms with Gasteiger partial charge in [-0.2, -0.15) is 0 Å². The second-order valence-corrected chi connectivity index (χ2v) is 4.30. The molecule has 0 fully saturated rings. The Morgan fingerprint density at radius 2 is 2.00 bits per heavy atom. The number of imidazole rings is 1. The fraction of sp³-hybridized carbons (Fsp3) is 0. The standard InChI is InChI=1S/C7H6N2O2Se/c10-12(11)7-8-5-3-1-2-4-6(5)9-7/h1-4,12H,(H,8,9). The van der Waals surface area contributed by atoms with Gasteiger partial charge in [-0.25, -0.2) is 0 Å². The molecule has 12 heavy (non-hydrogen) atoms. The van der Waals surface area contributed by atoms with E-state index in [1.165, 1.54) is 0 Å². The van der Waals surface area contributed by atoms with Crippen LogP contribution in [0.2, 0.25) is 0 Å². The van der Waals surface area contributed by atoms with E-state index in [9.17, 15) is 7.67 Å². The van der Waals surface area contributed by atoms with Gasteiger partial charge in [0.05, 0.1) is 0 Å². The minimum absolute atomic E-state index is 0.101. The minimum atomic E-state index is -3.33. The first-order valence-electron chi connectivity index (χ1n) is 3.36. The first-order chi connectivity index (χ1) is 5.77. The van der Waals surface area contributed by atoms with Crippen molar-refractivity contribution in [3.8, 4) is 0 Å². The van der Waals surface area contributed by atoms with Gasteiger partial charge < -0.3 is 0 Å². The van der Waals surface area contributed by atoms with Crippen molar-refractivity contribution in [3.05, 3.63) is 24.3 Å². The Kier molecular flexibility index (Phi) is 1.67. The normalized spacial score (nSPS) is 11.1. The second kappa shape index (κ2) is 2.69. The molecule has 0 amide bonds. The third-order valence-electron chi connectivity index (χ3n) is 1.55. The van der Waals surface area contributed by atoms with Crippen LogP contribution in [-0.2, 0) is 7.67 Å². The summed E-state index contributed by atoms with van der Waals surface area (Å²) in [6.45, 7) is 0. The summed E-state index contributed by atoms with van der Waals surface area (Å²) in [6, 6.07) is 7.22. The fourth-order valence-corrected chi connectivity index (χ4v) is 1.87. The van der Waals surface area contributed by atoms with Crippen molar-refractivity contribution < 1.29 is 7.67 Å². The predicted octanol–water partition coefficient (Wildman–Crippen LogP) is -0.149. The number of hydrogen-bond donors (Lipinski definition) is 1. The van der Waals surface area contributed by atoms with E-state index >= 15 is 0 Å². The number of fused-ring (bicyclic) bond motifs is 1. The first kappa shape index (κ1) is 7.46. The third-order valence-corrected chi connectivity index (χ3v) is 2.72. The van der Waals surface area contributed by atoms with Crippen LogP contribution in [0.3, 0.4) is 0 Å². The SMILES string of the molecule is O=[SeH](=O)c1nc2ccccc2[nH]1. The maximum absolute atomic E-state index is 10.6.